The number of hydrogen-bond donors (Lipinski definition) is 3. The van der Waals surface area contributed by atoms with Crippen molar-refractivity contribution in [1.29, 1.82) is 0 Å². The monoisotopic (exact) mass is 316 g/mol. The lowest BCUT2D eigenvalue weighted by molar-refractivity contribution is -0.117. The molecule has 1 saturated carbocycles. The zero-order chi connectivity index (χ0) is 16.7. The number of amides is 2. The van der Waals surface area contributed by atoms with Crippen LogP contribution in [-0.2, 0) is 4.79 Å². The van der Waals surface area contributed by atoms with E-state index in [2.05, 4.69) is 10.6 Å². The molecule has 1 aromatic carbocycles. The van der Waals surface area contributed by atoms with Crippen LogP contribution in [-0.4, -0.2) is 35.6 Å². The molecule has 3 N–H and O–H groups in total. The molecule has 5 nitrogen and oxygen atoms in total. The van der Waals surface area contributed by atoms with Crippen LogP contribution in [0.25, 0.3) is 6.08 Å². The van der Waals surface area contributed by atoms with Crippen molar-refractivity contribution in [3.63, 3.8) is 0 Å². The molecule has 0 spiro atoms. The van der Waals surface area contributed by atoms with Gasteiger partial charge in [-0.1, -0.05) is 12.1 Å². The van der Waals surface area contributed by atoms with Gasteiger partial charge in [-0.05, 0) is 56.4 Å². The van der Waals surface area contributed by atoms with Crippen molar-refractivity contribution in [2.45, 2.75) is 44.7 Å². The summed E-state index contributed by atoms with van der Waals surface area (Å²) in [5, 5.41) is 14.5. The molecule has 0 saturated heterocycles. The first-order chi connectivity index (χ1) is 11.1. The second-order valence-electron chi connectivity index (χ2n) is 5.98. The lowest BCUT2D eigenvalue weighted by Gasteiger charge is -2.11. The van der Waals surface area contributed by atoms with Crippen LogP contribution in [0.2, 0.25) is 0 Å². The predicted octanol–water partition coefficient (Wildman–Crippen LogP) is 1.87. The van der Waals surface area contributed by atoms with E-state index in [0.29, 0.717) is 18.0 Å². The maximum absolute atomic E-state index is 11.9. The van der Waals surface area contributed by atoms with Crippen LogP contribution < -0.4 is 10.6 Å². The first-order valence-electron chi connectivity index (χ1n) is 8.09. The van der Waals surface area contributed by atoms with E-state index in [4.69, 9.17) is 5.11 Å². The van der Waals surface area contributed by atoms with Crippen molar-refractivity contribution in [3.8, 4) is 0 Å². The smallest absolute Gasteiger partial charge is 0.251 e. The molecule has 0 radical (unpaired) electrons. The first-order valence-corrected chi connectivity index (χ1v) is 8.09. The van der Waals surface area contributed by atoms with E-state index in [1.165, 1.54) is 6.08 Å². The molecule has 1 atom stereocenters. The average molecular weight is 316 g/mol. The third-order valence-electron chi connectivity index (χ3n) is 3.70. The maximum atomic E-state index is 11.9. The minimum atomic E-state index is -0.161. The minimum Gasteiger partial charge on any atom is -0.396 e. The van der Waals surface area contributed by atoms with Crippen LogP contribution in [0.4, 0.5) is 0 Å². The van der Waals surface area contributed by atoms with Crippen LogP contribution >= 0.6 is 0 Å². The summed E-state index contributed by atoms with van der Waals surface area (Å²) in [6.45, 7) is 2.05. The van der Waals surface area contributed by atoms with Crippen molar-refractivity contribution in [3.05, 3.63) is 41.5 Å². The van der Waals surface area contributed by atoms with E-state index in [1.54, 1.807) is 18.2 Å². The summed E-state index contributed by atoms with van der Waals surface area (Å²) in [7, 11) is 0. The van der Waals surface area contributed by atoms with Crippen molar-refractivity contribution in [2.75, 3.05) is 6.61 Å². The zero-order valence-corrected chi connectivity index (χ0v) is 13.4. The minimum absolute atomic E-state index is 0.0350. The number of carbonyl (C=O) groups is 2. The van der Waals surface area contributed by atoms with E-state index < -0.39 is 0 Å². The van der Waals surface area contributed by atoms with Gasteiger partial charge in [0.15, 0.2) is 0 Å². The fourth-order valence-corrected chi connectivity index (χ4v) is 2.17. The molecule has 23 heavy (non-hydrogen) atoms. The Hall–Kier alpha value is -2.14. The number of rotatable bonds is 8. The summed E-state index contributed by atoms with van der Waals surface area (Å²) in [4.78, 5) is 23.6. The van der Waals surface area contributed by atoms with Gasteiger partial charge >= 0.3 is 0 Å². The number of aliphatic hydroxyl groups excluding tert-OH is 1. The van der Waals surface area contributed by atoms with Crippen molar-refractivity contribution >= 4 is 17.9 Å². The fourth-order valence-electron chi connectivity index (χ4n) is 2.17. The molecule has 1 aliphatic rings. The van der Waals surface area contributed by atoms with Crippen LogP contribution in [0.5, 0.6) is 0 Å². The van der Waals surface area contributed by atoms with Gasteiger partial charge in [0.05, 0.1) is 0 Å². The van der Waals surface area contributed by atoms with Gasteiger partial charge in [0.1, 0.15) is 0 Å². The van der Waals surface area contributed by atoms with Gasteiger partial charge in [0.25, 0.3) is 5.91 Å². The fraction of sp³-hybridized carbons (Fsp3) is 0.444. The molecular formula is C18H24N2O3. The number of benzene rings is 1. The highest BCUT2D eigenvalue weighted by Crippen LogP contribution is 2.19. The normalized spacial score (nSPS) is 15.4. The third kappa shape index (κ3) is 6.24. The molecule has 0 aromatic heterocycles. The SMILES string of the molecule is CC(CCCO)NC(=O)/C=C/c1ccc(C(=O)NC2CC2)cc1. The Morgan fingerprint density at radius 3 is 2.61 bits per heavy atom. The second kappa shape index (κ2) is 8.48. The highest BCUT2D eigenvalue weighted by Gasteiger charge is 2.23. The van der Waals surface area contributed by atoms with Crippen molar-refractivity contribution in [1.82, 2.24) is 10.6 Å². The predicted molar refractivity (Wildman–Crippen MR) is 89.9 cm³/mol. The van der Waals surface area contributed by atoms with Crippen LogP contribution in [0.3, 0.4) is 0 Å². The first kappa shape index (κ1) is 17.2. The van der Waals surface area contributed by atoms with Crippen LogP contribution in [0.15, 0.2) is 30.3 Å². The standard InChI is InChI=1S/C18H24N2O3/c1-13(3-2-12-21)19-17(22)11-6-14-4-7-15(8-5-14)18(23)20-16-9-10-16/h4-8,11,13,16,21H,2-3,9-10,12H2,1H3,(H,19,22)(H,20,23)/b11-6+. The Balaban J connectivity index is 1.82. The summed E-state index contributed by atoms with van der Waals surface area (Å²) in [5.74, 6) is -0.204. The van der Waals surface area contributed by atoms with Crippen molar-refractivity contribution < 1.29 is 14.7 Å². The van der Waals surface area contributed by atoms with E-state index in [0.717, 1.165) is 24.8 Å². The molecule has 1 aliphatic carbocycles. The van der Waals surface area contributed by atoms with Gasteiger partial charge in [-0.3, -0.25) is 9.59 Å². The quantitative estimate of drug-likeness (QED) is 0.641. The number of nitrogens with one attached hydrogen (secondary N) is 2. The van der Waals surface area contributed by atoms with E-state index in [-0.39, 0.29) is 24.5 Å². The van der Waals surface area contributed by atoms with E-state index in [1.807, 2.05) is 19.1 Å². The zero-order valence-electron chi connectivity index (χ0n) is 13.4. The molecule has 0 bridgehead atoms. The Labute approximate surface area is 136 Å². The van der Waals surface area contributed by atoms with Gasteiger partial charge in [-0.2, -0.15) is 0 Å². The van der Waals surface area contributed by atoms with E-state index >= 15 is 0 Å². The van der Waals surface area contributed by atoms with Gasteiger partial charge in [0.2, 0.25) is 5.91 Å². The molecule has 1 aromatic rings. The molecule has 124 valence electrons. The number of carbonyl (C=O) groups excluding carboxylic acids is 2. The molecule has 0 aliphatic heterocycles. The van der Waals surface area contributed by atoms with Gasteiger partial charge < -0.3 is 15.7 Å². The molecule has 2 rings (SSSR count). The third-order valence-corrected chi connectivity index (χ3v) is 3.70. The van der Waals surface area contributed by atoms with Crippen LogP contribution in [0, 0.1) is 0 Å². The van der Waals surface area contributed by atoms with Gasteiger partial charge in [-0.15, -0.1) is 0 Å². The highest BCUT2D eigenvalue weighted by atomic mass is 16.3. The molecule has 1 fully saturated rings. The van der Waals surface area contributed by atoms with Crippen molar-refractivity contribution in [2.24, 2.45) is 0 Å². The van der Waals surface area contributed by atoms with Gasteiger partial charge in [-0.25, -0.2) is 0 Å². The Morgan fingerprint density at radius 2 is 2.00 bits per heavy atom. The summed E-state index contributed by atoms with van der Waals surface area (Å²) in [6.07, 6.45) is 6.76. The maximum Gasteiger partial charge on any atom is 0.251 e. The summed E-state index contributed by atoms with van der Waals surface area (Å²) in [6, 6.07) is 7.55. The Morgan fingerprint density at radius 1 is 1.30 bits per heavy atom. The largest absolute Gasteiger partial charge is 0.396 e. The van der Waals surface area contributed by atoms with Gasteiger partial charge in [0, 0.05) is 30.3 Å². The highest BCUT2D eigenvalue weighted by molar-refractivity contribution is 5.95. The number of aliphatic hydroxyl groups is 1. The molecular weight excluding hydrogens is 292 g/mol. The van der Waals surface area contributed by atoms with Crippen LogP contribution in [0.1, 0.15) is 48.5 Å². The second-order valence-corrected chi connectivity index (χ2v) is 5.98. The molecule has 0 heterocycles. The Bertz CT molecular complexity index is 562. The lowest BCUT2D eigenvalue weighted by atomic mass is 10.1. The summed E-state index contributed by atoms with van der Waals surface area (Å²) in [5.41, 5.74) is 1.50. The Kier molecular flexibility index (Phi) is 6.35. The topological polar surface area (TPSA) is 78.4 Å². The lowest BCUT2D eigenvalue weighted by Crippen LogP contribution is -2.31. The molecule has 2 amide bonds. The molecule has 5 heteroatoms. The summed E-state index contributed by atoms with van der Waals surface area (Å²) >= 11 is 0. The molecule has 1 unspecified atom stereocenters. The number of hydrogen-bond acceptors (Lipinski definition) is 3. The van der Waals surface area contributed by atoms with E-state index in [9.17, 15) is 9.59 Å². The summed E-state index contributed by atoms with van der Waals surface area (Å²) < 4.78 is 0. The average Bonchev–Trinajstić information content (AvgIpc) is 3.35.